The molecule has 0 amide bonds. The highest BCUT2D eigenvalue weighted by atomic mass is 16.5. The molecule has 4 heterocycles. The van der Waals surface area contributed by atoms with Crippen molar-refractivity contribution in [1.29, 1.82) is 0 Å². The average molecular weight is 526 g/mol. The number of hydrogen-bond donors (Lipinski definition) is 0. The zero-order valence-corrected chi connectivity index (χ0v) is 22.5. The van der Waals surface area contributed by atoms with Crippen molar-refractivity contribution >= 4 is 27.9 Å². The van der Waals surface area contributed by atoms with Gasteiger partial charge >= 0.3 is 5.97 Å². The van der Waals surface area contributed by atoms with E-state index in [-0.39, 0.29) is 6.04 Å². The van der Waals surface area contributed by atoms with E-state index in [0.717, 1.165) is 51.7 Å². The number of methoxy groups -OCH3 is 2. The van der Waals surface area contributed by atoms with Crippen molar-refractivity contribution in [3.63, 3.8) is 0 Å². The Balaban J connectivity index is 1.74. The van der Waals surface area contributed by atoms with Gasteiger partial charge in [0.2, 0.25) is 0 Å². The molecule has 3 aromatic heterocycles. The maximum atomic E-state index is 12.8. The standard InChI is InChI=1S/C30H31N5O4/c1-18-26(34(2)33-32-18)21-16-24-25(31-17-21)22-10-11-23(30(36)38-4)29(37-3)28(22)35(24)27(19-8-6-5-7-9-19)20-12-14-39-15-13-20/h5-11,16-17,20,27H,12-15H2,1-4H3. The van der Waals surface area contributed by atoms with E-state index < -0.39 is 5.97 Å². The lowest BCUT2D eigenvalue weighted by Gasteiger charge is -2.33. The number of aromatic nitrogens is 5. The summed E-state index contributed by atoms with van der Waals surface area (Å²) >= 11 is 0. The first-order valence-corrected chi connectivity index (χ1v) is 13.1. The van der Waals surface area contributed by atoms with Crippen LogP contribution in [0.4, 0.5) is 0 Å². The molecule has 1 aliphatic heterocycles. The van der Waals surface area contributed by atoms with Crippen LogP contribution in [0.2, 0.25) is 0 Å². The first-order valence-electron chi connectivity index (χ1n) is 13.1. The van der Waals surface area contributed by atoms with Gasteiger partial charge in [-0.3, -0.25) is 4.98 Å². The van der Waals surface area contributed by atoms with E-state index in [1.54, 1.807) is 17.9 Å². The molecular formula is C30H31N5O4. The molecule has 2 aromatic carbocycles. The number of nitrogens with zero attached hydrogens (tertiary/aromatic N) is 5. The van der Waals surface area contributed by atoms with E-state index in [1.807, 2.05) is 32.3 Å². The SMILES string of the molecule is COC(=O)c1ccc2c3ncc(-c4c(C)nnn4C)cc3n(C(c3ccccc3)C3CCOCC3)c2c1OC. The molecule has 0 spiro atoms. The van der Waals surface area contributed by atoms with Crippen molar-refractivity contribution in [2.45, 2.75) is 25.8 Å². The molecule has 5 aromatic rings. The number of rotatable bonds is 6. The van der Waals surface area contributed by atoms with Crippen LogP contribution in [0, 0.1) is 12.8 Å². The number of aryl methyl sites for hydroxylation is 2. The molecule has 9 nitrogen and oxygen atoms in total. The lowest BCUT2D eigenvalue weighted by atomic mass is 9.86. The summed E-state index contributed by atoms with van der Waals surface area (Å²) in [6, 6.07) is 16.3. The minimum absolute atomic E-state index is 0.0419. The first kappa shape index (κ1) is 25.1. The molecule has 0 aliphatic carbocycles. The number of esters is 1. The smallest absolute Gasteiger partial charge is 0.341 e. The summed E-state index contributed by atoms with van der Waals surface area (Å²) in [5.41, 5.74) is 6.82. The summed E-state index contributed by atoms with van der Waals surface area (Å²) in [5.74, 6) is 0.332. The van der Waals surface area contributed by atoms with Gasteiger partial charge in [-0.05, 0) is 49.4 Å². The molecule has 0 N–H and O–H groups in total. The summed E-state index contributed by atoms with van der Waals surface area (Å²) in [7, 11) is 4.86. The molecular weight excluding hydrogens is 494 g/mol. The van der Waals surface area contributed by atoms with E-state index in [9.17, 15) is 4.79 Å². The zero-order chi connectivity index (χ0) is 27.1. The largest absolute Gasteiger partial charge is 0.494 e. The van der Waals surface area contributed by atoms with Crippen molar-refractivity contribution in [3.05, 3.63) is 71.5 Å². The zero-order valence-electron chi connectivity index (χ0n) is 22.5. The molecule has 1 saturated heterocycles. The van der Waals surface area contributed by atoms with Gasteiger partial charge in [0.15, 0.2) is 5.75 Å². The van der Waals surface area contributed by atoms with Crippen LogP contribution in [0.1, 0.15) is 40.5 Å². The summed E-state index contributed by atoms with van der Waals surface area (Å²) in [5, 5.41) is 9.37. The molecule has 9 heteroatoms. The highest BCUT2D eigenvalue weighted by molar-refractivity contribution is 6.12. The molecule has 1 aliphatic rings. The van der Waals surface area contributed by atoms with E-state index in [4.69, 9.17) is 19.2 Å². The van der Waals surface area contributed by atoms with Gasteiger partial charge in [0.25, 0.3) is 0 Å². The molecule has 0 saturated carbocycles. The Morgan fingerprint density at radius 2 is 1.87 bits per heavy atom. The van der Waals surface area contributed by atoms with Gasteiger partial charge in [-0.1, -0.05) is 35.5 Å². The highest BCUT2D eigenvalue weighted by Crippen LogP contribution is 2.44. The van der Waals surface area contributed by atoms with Crippen LogP contribution in [0.3, 0.4) is 0 Å². The van der Waals surface area contributed by atoms with Gasteiger partial charge in [0, 0.05) is 37.4 Å². The summed E-state index contributed by atoms with van der Waals surface area (Å²) in [4.78, 5) is 17.8. The number of carbonyl (C=O) groups is 1. The Morgan fingerprint density at radius 3 is 2.54 bits per heavy atom. The van der Waals surface area contributed by atoms with Gasteiger partial charge in [0.05, 0.1) is 48.2 Å². The number of ether oxygens (including phenoxy) is 3. The van der Waals surface area contributed by atoms with Gasteiger partial charge in [0.1, 0.15) is 5.56 Å². The number of carbonyl (C=O) groups excluding carboxylic acids is 1. The molecule has 0 bridgehead atoms. The minimum atomic E-state index is -0.446. The normalized spacial score (nSPS) is 15.1. The Bertz CT molecular complexity index is 1650. The van der Waals surface area contributed by atoms with E-state index in [0.29, 0.717) is 30.4 Å². The predicted molar refractivity (Wildman–Crippen MR) is 148 cm³/mol. The fraction of sp³-hybridized carbons (Fsp3) is 0.333. The second-order valence-electron chi connectivity index (χ2n) is 9.95. The Hall–Kier alpha value is -4.24. The predicted octanol–water partition coefficient (Wildman–Crippen LogP) is 5.10. The van der Waals surface area contributed by atoms with Gasteiger partial charge in [-0.2, -0.15) is 0 Å². The maximum absolute atomic E-state index is 12.8. The summed E-state index contributed by atoms with van der Waals surface area (Å²) < 4.78 is 20.9. The number of benzene rings is 2. The monoisotopic (exact) mass is 525 g/mol. The van der Waals surface area contributed by atoms with Crippen LogP contribution < -0.4 is 4.74 Å². The van der Waals surface area contributed by atoms with Crippen LogP contribution in [0.15, 0.2) is 54.7 Å². The second kappa shape index (κ2) is 10.1. The van der Waals surface area contributed by atoms with Gasteiger partial charge in [-0.15, -0.1) is 5.10 Å². The minimum Gasteiger partial charge on any atom is -0.494 e. The van der Waals surface area contributed by atoms with Crippen molar-refractivity contribution < 1.29 is 19.0 Å². The Labute approximate surface area is 226 Å². The summed E-state index contributed by atoms with van der Waals surface area (Å²) in [6.07, 6.45) is 3.69. The average Bonchev–Trinajstić information content (AvgIpc) is 3.49. The molecule has 200 valence electrons. The molecule has 6 rings (SSSR count). The topological polar surface area (TPSA) is 93.3 Å². The van der Waals surface area contributed by atoms with Crippen molar-refractivity contribution in [2.24, 2.45) is 13.0 Å². The number of fused-ring (bicyclic) bond motifs is 3. The van der Waals surface area contributed by atoms with Crippen molar-refractivity contribution in [1.82, 2.24) is 24.5 Å². The molecule has 1 unspecified atom stereocenters. The molecule has 1 fully saturated rings. The van der Waals surface area contributed by atoms with Gasteiger partial charge in [-0.25, -0.2) is 9.48 Å². The van der Waals surface area contributed by atoms with Crippen molar-refractivity contribution in [2.75, 3.05) is 27.4 Å². The van der Waals surface area contributed by atoms with Crippen LogP contribution >= 0.6 is 0 Å². The Kier molecular flexibility index (Phi) is 6.52. The third-order valence-corrected chi connectivity index (χ3v) is 7.76. The summed E-state index contributed by atoms with van der Waals surface area (Å²) in [6.45, 7) is 3.36. The lowest BCUT2D eigenvalue weighted by Crippen LogP contribution is -2.27. The third kappa shape index (κ3) is 4.13. The fourth-order valence-electron chi connectivity index (χ4n) is 6.03. The van der Waals surface area contributed by atoms with Gasteiger partial charge < -0.3 is 18.8 Å². The number of hydrogen-bond acceptors (Lipinski definition) is 7. The molecule has 0 radical (unpaired) electrons. The van der Waals surface area contributed by atoms with Crippen LogP contribution in [0.25, 0.3) is 33.2 Å². The van der Waals surface area contributed by atoms with Crippen LogP contribution in [0.5, 0.6) is 5.75 Å². The first-order chi connectivity index (χ1) is 19.0. The maximum Gasteiger partial charge on any atom is 0.341 e. The quantitative estimate of drug-likeness (QED) is 0.285. The van der Waals surface area contributed by atoms with E-state index >= 15 is 0 Å². The highest BCUT2D eigenvalue weighted by Gasteiger charge is 2.32. The third-order valence-electron chi connectivity index (χ3n) is 7.76. The van der Waals surface area contributed by atoms with E-state index in [2.05, 4.69) is 45.2 Å². The number of pyridine rings is 1. The van der Waals surface area contributed by atoms with E-state index in [1.165, 1.54) is 12.7 Å². The molecule has 39 heavy (non-hydrogen) atoms. The molecule has 1 atom stereocenters. The lowest BCUT2D eigenvalue weighted by molar-refractivity contribution is 0.0552. The van der Waals surface area contributed by atoms with Crippen molar-refractivity contribution in [3.8, 4) is 17.0 Å². The Morgan fingerprint density at radius 1 is 1.10 bits per heavy atom. The second-order valence-corrected chi connectivity index (χ2v) is 9.95. The van der Waals surface area contributed by atoms with Crippen LogP contribution in [-0.2, 0) is 16.5 Å². The fourth-order valence-corrected chi connectivity index (χ4v) is 6.03. The van der Waals surface area contributed by atoms with Crippen LogP contribution in [-0.4, -0.2) is 57.9 Å².